The average molecular weight is 170 g/mol. The Bertz CT molecular complexity index is 186. The second-order valence-electron chi connectivity index (χ2n) is 4.59. The molecule has 0 aromatic carbocycles. The normalized spacial score (nSPS) is 24.7. The van der Waals surface area contributed by atoms with E-state index in [1.807, 2.05) is 0 Å². The standard InChI is InChI=1S/C10H18O2/c1-8(5-12-4)10(11)6-9(2,3)7-10/h11H,1,5-7H2,2-4H3. The highest BCUT2D eigenvalue weighted by molar-refractivity contribution is 5.21. The molecule has 1 saturated carbocycles. The third-order valence-electron chi connectivity index (χ3n) is 2.52. The van der Waals surface area contributed by atoms with Crippen molar-refractivity contribution in [3.8, 4) is 0 Å². The number of aliphatic hydroxyl groups is 1. The van der Waals surface area contributed by atoms with E-state index in [2.05, 4.69) is 20.4 Å². The molecule has 0 bridgehead atoms. The van der Waals surface area contributed by atoms with E-state index in [9.17, 15) is 5.11 Å². The molecule has 0 spiro atoms. The van der Waals surface area contributed by atoms with Crippen LogP contribution >= 0.6 is 0 Å². The van der Waals surface area contributed by atoms with E-state index in [-0.39, 0.29) is 5.41 Å². The smallest absolute Gasteiger partial charge is 0.0886 e. The first-order chi connectivity index (χ1) is 5.40. The van der Waals surface area contributed by atoms with E-state index < -0.39 is 5.60 Å². The Morgan fingerprint density at radius 3 is 2.33 bits per heavy atom. The van der Waals surface area contributed by atoms with Gasteiger partial charge in [0.25, 0.3) is 0 Å². The molecule has 2 heteroatoms. The van der Waals surface area contributed by atoms with Crippen LogP contribution in [0.25, 0.3) is 0 Å². The molecule has 0 amide bonds. The molecule has 0 heterocycles. The summed E-state index contributed by atoms with van der Waals surface area (Å²) in [6.07, 6.45) is 1.62. The SMILES string of the molecule is C=C(COC)C1(O)CC(C)(C)C1. The van der Waals surface area contributed by atoms with Crippen molar-refractivity contribution in [3.63, 3.8) is 0 Å². The summed E-state index contributed by atoms with van der Waals surface area (Å²) in [6.45, 7) is 8.60. The minimum absolute atomic E-state index is 0.269. The molecule has 0 aromatic rings. The van der Waals surface area contributed by atoms with Crippen LogP contribution in [0.3, 0.4) is 0 Å². The quantitative estimate of drug-likeness (QED) is 0.654. The van der Waals surface area contributed by atoms with Gasteiger partial charge in [0.15, 0.2) is 0 Å². The fourth-order valence-electron chi connectivity index (χ4n) is 2.09. The van der Waals surface area contributed by atoms with E-state index in [1.54, 1.807) is 7.11 Å². The van der Waals surface area contributed by atoms with E-state index >= 15 is 0 Å². The van der Waals surface area contributed by atoms with Crippen molar-refractivity contribution in [2.45, 2.75) is 32.3 Å². The average Bonchev–Trinajstić information content (AvgIpc) is 1.83. The summed E-state index contributed by atoms with van der Waals surface area (Å²) < 4.78 is 4.93. The van der Waals surface area contributed by atoms with Crippen LogP contribution in [0.1, 0.15) is 26.7 Å². The van der Waals surface area contributed by atoms with E-state index in [0.717, 1.165) is 18.4 Å². The monoisotopic (exact) mass is 170 g/mol. The van der Waals surface area contributed by atoms with E-state index in [1.165, 1.54) is 0 Å². The second-order valence-corrected chi connectivity index (χ2v) is 4.59. The largest absolute Gasteiger partial charge is 0.385 e. The van der Waals surface area contributed by atoms with Crippen LogP contribution in [0.4, 0.5) is 0 Å². The van der Waals surface area contributed by atoms with Crippen molar-refractivity contribution in [2.24, 2.45) is 5.41 Å². The minimum Gasteiger partial charge on any atom is -0.385 e. The van der Waals surface area contributed by atoms with Crippen molar-refractivity contribution in [3.05, 3.63) is 12.2 Å². The molecule has 1 rings (SSSR count). The predicted octanol–water partition coefficient (Wildman–Crippen LogP) is 1.74. The van der Waals surface area contributed by atoms with Gasteiger partial charge in [0.1, 0.15) is 0 Å². The molecular formula is C10H18O2. The van der Waals surface area contributed by atoms with Gasteiger partial charge >= 0.3 is 0 Å². The summed E-state index contributed by atoms with van der Waals surface area (Å²) in [7, 11) is 1.62. The topological polar surface area (TPSA) is 29.5 Å². The highest BCUT2D eigenvalue weighted by Gasteiger charge is 2.49. The van der Waals surface area contributed by atoms with E-state index in [0.29, 0.717) is 6.61 Å². The zero-order valence-electron chi connectivity index (χ0n) is 8.18. The zero-order valence-corrected chi connectivity index (χ0v) is 8.18. The summed E-state index contributed by atoms with van der Waals surface area (Å²) in [5.41, 5.74) is 0.426. The molecule has 2 nitrogen and oxygen atoms in total. The molecule has 0 radical (unpaired) electrons. The van der Waals surface area contributed by atoms with Gasteiger partial charge in [0.05, 0.1) is 12.2 Å². The van der Waals surface area contributed by atoms with Crippen molar-refractivity contribution in [1.82, 2.24) is 0 Å². The maximum absolute atomic E-state index is 9.97. The Hall–Kier alpha value is -0.340. The summed E-state index contributed by atoms with van der Waals surface area (Å²) in [5, 5.41) is 9.97. The second kappa shape index (κ2) is 2.86. The van der Waals surface area contributed by atoms with Gasteiger partial charge < -0.3 is 9.84 Å². The Labute approximate surface area is 74.2 Å². The third kappa shape index (κ3) is 1.70. The molecule has 0 aliphatic heterocycles. The lowest BCUT2D eigenvalue weighted by Gasteiger charge is -2.50. The lowest BCUT2D eigenvalue weighted by atomic mass is 9.59. The predicted molar refractivity (Wildman–Crippen MR) is 49.0 cm³/mol. The number of ether oxygens (including phenoxy) is 1. The van der Waals surface area contributed by atoms with Crippen LogP contribution in [0, 0.1) is 5.41 Å². The van der Waals surface area contributed by atoms with Crippen LogP contribution < -0.4 is 0 Å². The van der Waals surface area contributed by atoms with Gasteiger partial charge in [0.2, 0.25) is 0 Å². The fourth-order valence-corrected chi connectivity index (χ4v) is 2.09. The zero-order chi connectivity index (χ0) is 9.41. The first kappa shape index (κ1) is 9.75. The van der Waals surface area contributed by atoms with Crippen molar-refractivity contribution >= 4 is 0 Å². The summed E-state index contributed by atoms with van der Waals surface area (Å²) in [4.78, 5) is 0. The summed E-state index contributed by atoms with van der Waals surface area (Å²) >= 11 is 0. The highest BCUT2D eigenvalue weighted by atomic mass is 16.5. The Morgan fingerprint density at radius 2 is 2.00 bits per heavy atom. The molecule has 70 valence electrons. The minimum atomic E-state index is -0.653. The molecule has 0 aromatic heterocycles. The van der Waals surface area contributed by atoms with Gasteiger partial charge in [-0.25, -0.2) is 0 Å². The van der Waals surface area contributed by atoms with Gasteiger partial charge in [-0.1, -0.05) is 20.4 Å². The maximum atomic E-state index is 9.97. The van der Waals surface area contributed by atoms with Crippen LogP contribution in [0.2, 0.25) is 0 Å². The fraction of sp³-hybridized carbons (Fsp3) is 0.800. The lowest BCUT2D eigenvalue weighted by Crippen LogP contribution is -2.50. The van der Waals surface area contributed by atoms with Crippen LogP contribution in [0.5, 0.6) is 0 Å². The van der Waals surface area contributed by atoms with Crippen LogP contribution in [-0.2, 0) is 4.74 Å². The number of hydrogen-bond donors (Lipinski definition) is 1. The number of hydrogen-bond acceptors (Lipinski definition) is 2. The molecular weight excluding hydrogens is 152 g/mol. The number of methoxy groups -OCH3 is 1. The van der Waals surface area contributed by atoms with Crippen LogP contribution in [0.15, 0.2) is 12.2 Å². The molecule has 1 N–H and O–H groups in total. The Balaban J connectivity index is 2.49. The Morgan fingerprint density at radius 1 is 1.50 bits per heavy atom. The molecule has 1 aliphatic carbocycles. The van der Waals surface area contributed by atoms with Crippen molar-refractivity contribution in [1.29, 1.82) is 0 Å². The molecule has 12 heavy (non-hydrogen) atoms. The van der Waals surface area contributed by atoms with Crippen LogP contribution in [-0.4, -0.2) is 24.4 Å². The van der Waals surface area contributed by atoms with Crippen molar-refractivity contribution < 1.29 is 9.84 Å². The van der Waals surface area contributed by atoms with Gasteiger partial charge in [0, 0.05) is 7.11 Å². The van der Waals surface area contributed by atoms with Gasteiger partial charge in [-0.15, -0.1) is 0 Å². The Kier molecular flexibility index (Phi) is 2.32. The van der Waals surface area contributed by atoms with Gasteiger partial charge in [-0.05, 0) is 23.8 Å². The summed E-state index contributed by atoms with van der Waals surface area (Å²) in [6, 6.07) is 0. The van der Waals surface area contributed by atoms with Gasteiger partial charge in [-0.2, -0.15) is 0 Å². The molecule has 0 unspecified atom stereocenters. The first-order valence-electron chi connectivity index (χ1n) is 4.29. The first-order valence-corrected chi connectivity index (χ1v) is 4.29. The lowest BCUT2D eigenvalue weighted by molar-refractivity contribution is -0.0888. The molecule has 1 fully saturated rings. The maximum Gasteiger partial charge on any atom is 0.0886 e. The van der Waals surface area contributed by atoms with E-state index in [4.69, 9.17) is 4.74 Å². The third-order valence-corrected chi connectivity index (χ3v) is 2.52. The number of rotatable bonds is 3. The molecule has 0 saturated heterocycles. The summed E-state index contributed by atoms with van der Waals surface area (Å²) in [5.74, 6) is 0. The highest BCUT2D eigenvalue weighted by Crippen LogP contribution is 2.50. The van der Waals surface area contributed by atoms with Crippen molar-refractivity contribution in [2.75, 3.05) is 13.7 Å². The molecule has 1 aliphatic rings. The molecule has 0 atom stereocenters. The van der Waals surface area contributed by atoms with Gasteiger partial charge in [-0.3, -0.25) is 0 Å².